The molecule has 1 fully saturated rings. The van der Waals surface area contributed by atoms with Gasteiger partial charge < -0.3 is 15.2 Å². The lowest BCUT2D eigenvalue weighted by molar-refractivity contribution is -0.121. The molecule has 0 aromatic carbocycles. The molecule has 2 amide bonds. The maximum Gasteiger partial charge on any atom is 0.273 e. The van der Waals surface area contributed by atoms with Gasteiger partial charge in [0.2, 0.25) is 5.91 Å². The third-order valence-electron chi connectivity index (χ3n) is 4.63. The normalized spacial score (nSPS) is 21.4. The molecule has 0 spiro atoms. The van der Waals surface area contributed by atoms with Crippen molar-refractivity contribution in [2.75, 3.05) is 0 Å². The van der Waals surface area contributed by atoms with Crippen molar-refractivity contribution in [1.29, 1.82) is 0 Å². The van der Waals surface area contributed by atoms with Gasteiger partial charge >= 0.3 is 0 Å². The van der Waals surface area contributed by atoms with Crippen molar-refractivity contribution < 1.29 is 14.1 Å². The predicted molar refractivity (Wildman–Crippen MR) is 80.5 cm³/mol. The van der Waals surface area contributed by atoms with Crippen LogP contribution in [-0.4, -0.2) is 29.1 Å². The highest BCUT2D eigenvalue weighted by Gasteiger charge is 2.30. The number of rotatable bonds is 4. The zero-order chi connectivity index (χ0) is 15.5. The molecule has 2 aliphatic rings. The highest BCUT2D eigenvalue weighted by Crippen LogP contribution is 2.25. The first-order valence-corrected chi connectivity index (χ1v) is 8.25. The highest BCUT2D eigenvalue weighted by atomic mass is 16.5. The van der Waals surface area contributed by atoms with E-state index in [0.717, 1.165) is 30.6 Å². The first-order chi connectivity index (χ1) is 10.7. The molecule has 6 heteroatoms. The number of carbonyl (C=O) groups excluding carboxylic acids is 2. The zero-order valence-electron chi connectivity index (χ0n) is 13.0. The van der Waals surface area contributed by atoms with Gasteiger partial charge in [-0.05, 0) is 25.7 Å². The van der Waals surface area contributed by atoms with E-state index in [4.69, 9.17) is 4.52 Å². The Hall–Kier alpha value is -1.85. The van der Waals surface area contributed by atoms with Gasteiger partial charge in [-0.3, -0.25) is 9.59 Å². The molecular formula is C16H23N3O3. The molecule has 0 aliphatic heterocycles. The molecule has 1 atom stereocenters. The molecule has 1 saturated carbocycles. The second-order valence-electron chi connectivity index (χ2n) is 6.25. The number of aryl methyl sites for hydroxylation is 1. The largest absolute Gasteiger partial charge is 0.360 e. The topological polar surface area (TPSA) is 84.2 Å². The van der Waals surface area contributed by atoms with Gasteiger partial charge in [0, 0.05) is 30.5 Å². The number of nitrogens with zero attached hydrogens (tertiary/aromatic N) is 1. The fourth-order valence-corrected chi connectivity index (χ4v) is 3.36. The molecule has 1 heterocycles. The zero-order valence-corrected chi connectivity index (χ0v) is 13.0. The van der Waals surface area contributed by atoms with Crippen LogP contribution in [0.1, 0.15) is 67.3 Å². The summed E-state index contributed by atoms with van der Waals surface area (Å²) in [6.07, 6.45) is 7.08. The first kappa shape index (κ1) is 15.1. The average molecular weight is 305 g/mol. The summed E-state index contributed by atoms with van der Waals surface area (Å²) < 4.78 is 5.33. The van der Waals surface area contributed by atoms with Gasteiger partial charge in [-0.15, -0.1) is 0 Å². The minimum Gasteiger partial charge on any atom is -0.360 e. The Bertz CT molecular complexity index is 561. The van der Waals surface area contributed by atoms with Crippen LogP contribution in [0, 0.1) is 0 Å². The Morgan fingerprint density at radius 3 is 2.68 bits per heavy atom. The number of nitrogens with one attached hydrogen (secondary N) is 2. The van der Waals surface area contributed by atoms with E-state index >= 15 is 0 Å². The minimum atomic E-state index is -0.139. The quantitative estimate of drug-likeness (QED) is 0.887. The molecule has 1 aromatic rings. The molecular weight excluding hydrogens is 282 g/mol. The summed E-state index contributed by atoms with van der Waals surface area (Å²) >= 11 is 0. The molecule has 1 unspecified atom stereocenters. The van der Waals surface area contributed by atoms with E-state index in [-0.39, 0.29) is 23.9 Å². The van der Waals surface area contributed by atoms with Gasteiger partial charge in [0.1, 0.15) is 5.76 Å². The Balaban J connectivity index is 1.68. The fourth-order valence-electron chi connectivity index (χ4n) is 3.36. The van der Waals surface area contributed by atoms with Crippen LogP contribution in [0.15, 0.2) is 4.52 Å². The smallest absolute Gasteiger partial charge is 0.273 e. The van der Waals surface area contributed by atoms with E-state index in [9.17, 15) is 9.59 Å². The first-order valence-electron chi connectivity index (χ1n) is 8.25. The second kappa shape index (κ2) is 6.50. The van der Waals surface area contributed by atoms with Crippen LogP contribution < -0.4 is 10.6 Å². The van der Waals surface area contributed by atoms with Crippen LogP contribution in [0.3, 0.4) is 0 Å². The van der Waals surface area contributed by atoms with E-state index in [2.05, 4.69) is 15.8 Å². The molecule has 6 nitrogen and oxygen atoms in total. The van der Waals surface area contributed by atoms with Crippen molar-refractivity contribution in [3.63, 3.8) is 0 Å². The van der Waals surface area contributed by atoms with Crippen LogP contribution in [0.25, 0.3) is 0 Å². The monoisotopic (exact) mass is 305 g/mol. The average Bonchev–Trinajstić information content (AvgIpc) is 3.15. The van der Waals surface area contributed by atoms with E-state index in [1.54, 1.807) is 0 Å². The lowest BCUT2D eigenvalue weighted by Crippen LogP contribution is -2.39. The standard InChI is InChI=1S/C16H23N3O3/c1-2-14(20)17-11-7-8-13-12(9-11)15(19-22-13)16(21)18-10-5-3-4-6-10/h10-11H,2-9H2,1H3,(H,17,20)(H,18,21). The number of hydrogen-bond donors (Lipinski definition) is 2. The van der Waals surface area contributed by atoms with E-state index < -0.39 is 0 Å². The fraction of sp³-hybridized carbons (Fsp3) is 0.688. The van der Waals surface area contributed by atoms with Gasteiger partial charge in [-0.1, -0.05) is 24.9 Å². The summed E-state index contributed by atoms with van der Waals surface area (Å²) in [5.41, 5.74) is 1.26. The highest BCUT2D eigenvalue weighted by molar-refractivity contribution is 5.94. The van der Waals surface area contributed by atoms with E-state index in [1.165, 1.54) is 12.8 Å². The van der Waals surface area contributed by atoms with Crippen molar-refractivity contribution in [1.82, 2.24) is 15.8 Å². The minimum absolute atomic E-state index is 0.0434. The van der Waals surface area contributed by atoms with E-state index in [1.807, 2.05) is 6.92 Å². The number of aromatic nitrogens is 1. The molecule has 3 rings (SSSR count). The summed E-state index contributed by atoms with van der Waals surface area (Å²) in [6, 6.07) is 0.330. The Morgan fingerprint density at radius 2 is 1.95 bits per heavy atom. The van der Waals surface area contributed by atoms with Gasteiger partial charge in [-0.25, -0.2) is 0 Å². The van der Waals surface area contributed by atoms with Crippen molar-refractivity contribution in [3.05, 3.63) is 17.0 Å². The molecule has 2 N–H and O–H groups in total. The van der Waals surface area contributed by atoms with Crippen molar-refractivity contribution in [2.24, 2.45) is 0 Å². The molecule has 1 aromatic heterocycles. The van der Waals surface area contributed by atoms with Crippen molar-refractivity contribution in [2.45, 2.75) is 70.4 Å². The number of amides is 2. The van der Waals surface area contributed by atoms with Crippen molar-refractivity contribution in [3.8, 4) is 0 Å². The van der Waals surface area contributed by atoms with Crippen LogP contribution in [0.4, 0.5) is 0 Å². The lowest BCUT2D eigenvalue weighted by atomic mass is 9.91. The van der Waals surface area contributed by atoms with Gasteiger partial charge in [0.05, 0.1) is 0 Å². The second-order valence-corrected chi connectivity index (χ2v) is 6.25. The van der Waals surface area contributed by atoms with Crippen LogP contribution in [-0.2, 0) is 17.6 Å². The van der Waals surface area contributed by atoms with Crippen LogP contribution in [0.2, 0.25) is 0 Å². The van der Waals surface area contributed by atoms with Gasteiger partial charge in [-0.2, -0.15) is 0 Å². The Morgan fingerprint density at radius 1 is 1.18 bits per heavy atom. The number of hydrogen-bond acceptors (Lipinski definition) is 4. The maximum absolute atomic E-state index is 12.4. The summed E-state index contributed by atoms with van der Waals surface area (Å²) in [5, 5.41) is 10.0. The molecule has 22 heavy (non-hydrogen) atoms. The molecule has 120 valence electrons. The summed E-state index contributed by atoms with van der Waals surface area (Å²) in [6.45, 7) is 1.84. The lowest BCUT2D eigenvalue weighted by Gasteiger charge is -2.22. The van der Waals surface area contributed by atoms with E-state index in [0.29, 0.717) is 25.0 Å². The van der Waals surface area contributed by atoms with Crippen molar-refractivity contribution >= 4 is 11.8 Å². The maximum atomic E-state index is 12.4. The predicted octanol–water partition coefficient (Wildman–Crippen LogP) is 1.73. The molecule has 2 aliphatic carbocycles. The summed E-state index contributed by atoms with van der Waals surface area (Å²) in [7, 11) is 0. The molecule has 0 bridgehead atoms. The third kappa shape index (κ3) is 3.15. The molecule has 0 radical (unpaired) electrons. The Labute approximate surface area is 130 Å². The number of carbonyl (C=O) groups is 2. The van der Waals surface area contributed by atoms with Gasteiger partial charge in [0.15, 0.2) is 5.69 Å². The number of fused-ring (bicyclic) bond motifs is 1. The Kier molecular flexibility index (Phi) is 4.45. The van der Waals surface area contributed by atoms with Crippen LogP contribution in [0.5, 0.6) is 0 Å². The third-order valence-corrected chi connectivity index (χ3v) is 4.63. The van der Waals surface area contributed by atoms with Gasteiger partial charge in [0.25, 0.3) is 5.91 Å². The van der Waals surface area contributed by atoms with Crippen LogP contribution >= 0.6 is 0 Å². The summed E-state index contributed by atoms with van der Waals surface area (Å²) in [4.78, 5) is 23.9. The molecule has 0 saturated heterocycles. The summed E-state index contributed by atoms with van der Waals surface area (Å²) in [5.74, 6) is 0.694. The SMILES string of the molecule is CCC(=O)NC1CCc2onc(C(=O)NC3CCCC3)c2C1.